The van der Waals surface area contributed by atoms with Gasteiger partial charge in [-0.25, -0.2) is 0 Å². The third-order valence-electron chi connectivity index (χ3n) is 9.39. The van der Waals surface area contributed by atoms with Crippen LogP contribution in [0, 0.1) is 11.3 Å². The molecule has 6 rings (SSSR count). The van der Waals surface area contributed by atoms with Crippen LogP contribution in [-0.2, 0) is 79.9 Å². The van der Waals surface area contributed by atoms with Crippen molar-refractivity contribution in [2.24, 2.45) is 0 Å². The summed E-state index contributed by atoms with van der Waals surface area (Å²) in [4.78, 5) is 35.6. The Morgan fingerprint density at radius 1 is 0.732 bits per heavy atom. The van der Waals surface area contributed by atoms with Crippen LogP contribution >= 0.6 is 11.8 Å². The van der Waals surface area contributed by atoms with Crippen molar-refractivity contribution in [1.82, 2.24) is 0 Å². The lowest BCUT2D eigenvalue weighted by atomic mass is 9.95. The van der Waals surface area contributed by atoms with Crippen molar-refractivity contribution in [2.75, 3.05) is 19.5 Å². The van der Waals surface area contributed by atoms with Crippen LogP contribution in [0.15, 0.2) is 91.0 Å². The van der Waals surface area contributed by atoms with Crippen LogP contribution in [-0.4, -0.2) is 98.8 Å². The predicted octanol–water partition coefficient (Wildman–Crippen LogP) is 4.57. The van der Waals surface area contributed by atoms with E-state index in [2.05, 4.69) is 6.07 Å². The van der Waals surface area contributed by atoms with Crippen LogP contribution in [0.1, 0.15) is 37.5 Å². The summed E-state index contributed by atoms with van der Waals surface area (Å²) >= 11 is 1.27. The number of methoxy groups -OCH3 is 1. The van der Waals surface area contributed by atoms with E-state index in [0.717, 1.165) is 11.1 Å². The van der Waals surface area contributed by atoms with Crippen LogP contribution < -0.4 is 0 Å². The topological polar surface area (TPSA) is 167 Å². The van der Waals surface area contributed by atoms with Crippen molar-refractivity contribution in [1.29, 1.82) is 5.26 Å². The zero-order valence-corrected chi connectivity index (χ0v) is 32.2. The smallest absolute Gasteiger partial charge is 0.303 e. The van der Waals surface area contributed by atoms with Crippen molar-refractivity contribution in [3.05, 3.63) is 108 Å². The van der Waals surface area contributed by atoms with Crippen molar-refractivity contribution >= 4 is 29.7 Å². The first-order valence-electron chi connectivity index (χ1n) is 18.2. The van der Waals surface area contributed by atoms with Crippen molar-refractivity contribution in [3.8, 4) is 6.07 Å². The van der Waals surface area contributed by atoms with E-state index in [1.807, 2.05) is 91.0 Å². The SMILES string of the molecule is CO[C@H]1O[C@H](COC(C)=O)[C@@H](O[C@@H]2O[C@@H]3CS[C@@](C#N)(c4ccccc4)O[C@H]3[C@H](OCc3ccccc3)[C@@H]2OCc2ccccc2)[C@H](OC(C)=O)[C@H]1OC(C)=O. The maximum atomic E-state index is 12.6. The highest BCUT2D eigenvalue weighted by Crippen LogP contribution is 2.48. The normalized spacial score (nSPS) is 31.3. The molecule has 3 aliphatic heterocycles. The van der Waals surface area contributed by atoms with Crippen molar-refractivity contribution in [2.45, 2.75) is 100 Å². The van der Waals surface area contributed by atoms with Crippen molar-refractivity contribution < 1.29 is 61.8 Å². The predicted molar refractivity (Wildman–Crippen MR) is 198 cm³/mol. The Labute approximate surface area is 329 Å². The van der Waals surface area contributed by atoms with E-state index in [1.165, 1.54) is 39.6 Å². The van der Waals surface area contributed by atoms with E-state index in [-0.39, 0.29) is 25.6 Å². The van der Waals surface area contributed by atoms with Gasteiger partial charge in [0.05, 0.1) is 19.3 Å². The van der Waals surface area contributed by atoms with Gasteiger partial charge in [0.15, 0.2) is 24.8 Å². The Balaban J connectivity index is 1.41. The summed E-state index contributed by atoms with van der Waals surface area (Å²) in [7, 11) is 1.33. The maximum absolute atomic E-state index is 12.6. The van der Waals surface area contributed by atoms with E-state index in [1.54, 1.807) is 0 Å². The molecule has 56 heavy (non-hydrogen) atoms. The number of thioether (sulfide) groups is 1. The van der Waals surface area contributed by atoms with Gasteiger partial charge in [-0.1, -0.05) is 91.0 Å². The van der Waals surface area contributed by atoms with Crippen molar-refractivity contribution in [3.63, 3.8) is 0 Å². The van der Waals surface area contributed by atoms with Gasteiger partial charge in [0.2, 0.25) is 4.93 Å². The Morgan fingerprint density at radius 3 is 1.86 bits per heavy atom. The molecule has 14 nitrogen and oxygen atoms in total. The highest BCUT2D eigenvalue weighted by atomic mass is 32.2. The number of esters is 3. The molecule has 0 saturated carbocycles. The quantitative estimate of drug-likeness (QED) is 0.164. The van der Waals surface area contributed by atoms with Gasteiger partial charge in [-0.05, 0) is 11.1 Å². The number of rotatable bonds is 14. The number of benzene rings is 3. The van der Waals surface area contributed by atoms with Gasteiger partial charge in [0.25, 0.3) is 0 Å². The first-order chi connectivity index (χ1) is 27.1. The second-order valence-electron chi connectivity index (χ2n) is 13.4. The first-order valence-corrected chi connectivity index (χ1v) is 19.2. The number of carbonyl (C=O) groups is 3. The standard InChI is InChI=1S/C41H45NO13S/c1-25(43)47-22-31-33(36(50-26(2)44)38(51-27(3)45)39(46-4)52-31)54-40-37(49-21-29-16-10-6-11-17-29)35(48-20-28-14-8-5-9-15-28)34-32(53-40)23-56-41(24-42,55-34)30-18-12-7-13-19-30/h5-19,31-40H,20-23H2,1-4H3/t31-,32-,33-,34-,35+,36+,37+,38-,39+,40+,41+/m1/s1. The molecule has 3 aromatic rings. The Hall–Kier alpha value is -4.37. The minimum atomic E-state index is -1.39. The summed E-state index contributed by atoms with van der Waals surface area (Å²) in [5.74, 6) is -1.71. The molecule has 0 amide bonds. The summed E-state index contributed by atoms with van der Waals surface area (Å²) < 4.78 is 62.2. The van der Waals surface area contributed by atoms with Gasteiger partial charge in [-0.3, -0.25) is 14.4 Å². The molecule has 0 N–H and O–H groups in total. The van der Waals surface area contributed by atoms with E-state index in [0.29, 0.717) is 5.56 Å². The molecule has 0 bridgehead atoms. The maximum Gasteiger partial charge on any atom is 0.303 e. The fraction of sp³-hybridized carbons (Fsp3) is 0.463. The molecule has 0 spiro atoms. The number of hydrogen-bond donors (Lipinski definition) is 0. The summed E-state index contributed by atoms with van der Waals surface area (Å²) in [6.45, 7) is 3.54. The third kappa shape index (κ3) is 9.95. The number of nitriles is 1. The van der Waals surface area contributed by atoms with Crippen LogP contribution in [0.2, 0.25) is 0 Å². The monoisotopic (exact) mass is 791 g/mol. The third-order valence-corrected chi connectivity index (χ3v) is 10.7. The van der Waals surface area contributed by atoms with Gasteiger partial charge < -0.3 is 47.4 Å². The van der Waals surface area contributed by atoms with Gasteiger partial charge >= 0.3 is 17.9 Å². The fourth-order valence-corrected chi connectivity index (χ4v) is 8.10. The number of nitrogens with zero attached hydrogens (tertiary/aromatic N) is 1. The number of hydrogen-bond acceptors (Lipinski definition) is 15. The molecule has 3 saturated heterocycles. The molecule has 3 heterocycles. The molecule has 298 valence electrons. The van der Waals surface area contributed by atoms with E-state index in [9.17, 15) is 19.6 Å². The van der Waals surface area contributed by atoms with E-state index < -0.39 is 84.3 Å². The lowest BCUT2D eigenvalue weighted by Crippen LogP contribution is -2.67. The molecule has 15 heteroatoms. The first kappa shape index (κ1) is 41.3. The molecule has 3 fully saturated rings. The Morgan fingerprint density at radius 2 is 1.30 bits per heavy atom. The molecule has 0 radical (unpaired) electrons. The average molecular weight is 792 g/mol. The summed E-state index contributed by atoms with van der Waals surface area (Å²) in [6, 6.07) is 30.6. The minimum Gasteiger partial charge on any atom is -0.463 e. The zero-order chi connectivity index (χ0) is 39.7. The Bertz CT molecular complexity index is 1800. The van der Waals surface area contributed by atoms with E-state index >= 15 is 0 Å². The Kier molecular flexibility index (Phi) is 14.1. The average Bonchev–Trinajstić information content (AvgIpc) is 3.20. The summed E-state index contributed by atoms with van der Waals surface area (Å²) in [5.41, 5.74) is 2.38. The fourth-order valence-electron chi connectivity index (χ4n) is 6.88. The summed E-state index contributed by atoms with van der Waals surface area (Å²) in [5, 5.41) is 10.6. The highest BCUT2D eigenvalue weighted by Gasteiger charge is 2.58. The number of fused-ring (bicyclic) bond motifs is 1. The van der Waals surface area contributed by atoms with Gasteiger partial charge in [0, 0.05) is 39.2 Å². The molecule has 0 unspecified atom stereocenters. The van der Waals surface area contributed by atoms with Gasteiger partial charge in [-0.2, -0.15) is 5.26 Å². The lowest BCUT2D eigenvalue weighted by molar-refractivity contribution is -0.367. The highest BCUT2D eigenvalue weighted by molar-refractivity contribution is 8.00. The molecule has 11 atom stereocenters. The largest absolute Gasteiger partial charge is 0.463 e. The van der Waals surface area contributed by atoms with Crippen LogP contribution in [0.4, 0.5) is 0 Å². The molecular formula is C41H45NO13S. The van der Waals surface area contributed by atoms with Gasteiger partial charge in [0.1, 0.15) is 43.2 Å². The number of carbonyl (C=O) groups excluding carboxylic acids is 3. The number of ether oxygens (including phenoxy) is 10. The second kappa shape index (κ2) is 19.2. The van der Waals surface area contributed by atoms with Crippen LogP contribution in [0.3, 0.4) is 0 Å². The second-order valence-corrected chi connectivity index (χ2v) is 14.6. The molecule has 3 aromatic carbocycles. The molecular weight excluding hydrogens is 747 g/mol. The van der Waals surface area contributed by atoms with Crippen LogP contribution in [0.5, 0.6) is 0 Å². The molecule has 0 aromatic heterocycles. The lowest BCUT2D eigenvalue weighted by Gasteiger charge is -2.52. The minimum absolute atomic E-state index is 0.0986. The molecule has 3 aliphatic rings. The zero-order valence-electron chi connectivity index (χ0n) is 31.4. The van der Waals surface area contributed by atoms with E-state index in [4.69, 9.17) is 47.4 Å². The van der Waals surface area contributed by atoms with Crippen LogP contribution in [0.25, 0.3) is 0 Å². The molecule has 0 aliphatic carbocycles. The summed E-state index contributed by atoms with van der Waals surface area (Å²) in [6.07, 6.45) is -11.0. The van der Waals surface area contributed by atoms with Gasteiger partial charge in [-0.15, -0.1) is 11.8 Å².